The van der Waals surface area contributed by atoms with E-state index >= 15 is 0 Å². The molecule has 0 bridgehead atoms. The Morgan fingerprint density at radius 3 is 2.77 bits per heavy atom. The zero-order valence-electron chi connectivity index (χ0n) is 16.4. The van der Waals surface area contributed by atoms with Gasteiger partial charge in [0.15, 0.2) is 5.17 Å². The summed E-state index contributed by atoms with van der Waals surface area (Å²) in [5, 5.41) is 23.8. The fourth-order valence-corrected chi connectivity index (χ4v) is 4.67. The second-order valence-corrected chi connectivity index (χ2v) is 8.59. The van der Waals surface area contributed by atoms with Crippen LogP contribution in [-0.4, -0.2) is 53.4 Å². The summed E-state index contributed by atoms with van der Waals surface area (Å²) in [5.74, 6) is 0.540. The van der Waals surface area contributed by atoms with Crippen molar-refractivity contribution in [3.8, 4) is 0 Å². The summed E-state index contributed by atoms with van der Waals surface area (Å²) >= 11 is 2.57. The fourth-order valence-electron chi connectivity index (χ4n) is 2.89. The minimum atomic E-state index is -0.507. The van der Waals surface area contributed by atoms with E-state index in [0.717, 1.165) is 29.6 Å². The van der Waals surface area contributed by atoms with Crippen molar-refractivity contribution in [3.05, 3.63) is 64.2 Å². The van der Waals surface area contributed by atoms with Crippen molar-refractivity contribution in [1.82, 2.24) is 25.1 Å². The molecule has 1 amide bonds. The molecular weight excluding hydrogens is 438 g/mol. The van der Waals surface area contributed by atoms with E-state index in [-0.39, 0.29) is 17.2 Å². The maximum absolute atomic E-state index is 13.2. The van der Waals surface area contributed by atoms with Gasteiger partial charge in [0.05, 0.1) is 15.5 Å². The van der Waals surface area contributed by atoms with Gasteiger partial charge in [0.25, 0.3) is 11.6 Å². The van der Waals surface area contributed by atoms with E-state index in [1.54, 1.807) is 24.1 Å². The number of nitro groups is 1. The van der Waals surface area contributed by atoms with Crippen LogP contribution in [0.1, 0.15) is 16.8 Å². The Bertz CT molecular complexity index is 1150. The SMILES string of the molecule is Cn1nnnc1Sc1ccc(C(=O)N2CCCSC2=Nc2ccccc2)cc1[N+](=O)[O-]. The average molecular weight is 456 g/mol. The molecule has 0 saturated carbocycles. The molecule has 1 aliphatic rings. The first-order valence-electron chi connectivity index (χ1n) is 9.30. The minimum absolute atomic E-state index is 0.176. The maximum atomic E-state index is 13.2. The first kappa shape index (κ1) is 21.0. The van der Waals surface area contributed by atoms with Gasteiger partial charge in [-0.05, 0) is 52.9 Å². The van der Waals surface area contributed by atoms with Gasteiger partial charge in [0, 0.05) is 31.0 Å². The highest BCUT2D eigenvalue weighted by atomic mass is 32.2. The number of tetrazole rings is 1. The van der Waals surface area contributed by atoms with Gasteiger partial charge < -0.3 is 0 Å². The number of aromatic nitrogens is 4. The van der Waals surface area contributed by atoms with Crippen LogP contribution in [0.4, 0.5) is 11.4 Å². The van der Waals surface area contributed by atoms with E-state index in [9.17, 15) is 14.9 Å². The van der Waals surface area contributed by atoms with Crippen LogP contribution in [0.3, 0.4) is 0 Å². The van der Waals surface area contributed by atoms with Gasteiger partial charge in [-0.15, -0.1) is 5.10 Å². The minimum Gasteiger partial charge on any atom is -0.287 e. The quantitative estimate of drug-likeness (QED) is 0.423. The van der Waals surface area contributed by atoms with Crippen LogP contribution < -0.4 is 0 Å². The van der Waals surface area contributed by atoms with Gasteiger partial charge in [-0.3, -0.25) is 19.8 Å². The molecule has 1 aromatic heterocycles. The fraction of sp³-hybridized carbons (Fsp3) is 0.211. The molecule has 2 aromatic carbocycles. The Balaban J connectivity index is 1.64. The third kappa shape index (κ3) is 4.75. The zero-order valence-corrected chi connectivity index (χ0v) is 18.0. The van der Waals surface area contributed by atoms with E-state index < -0.39 is 4.92 Å². The molecule has 3 aromatic rings. The first-order chi connectivity index (χ1) is 15.0. The summed E-state index contributed by atoms with van der Waals surface area (Å²) in [5.41, 5.74) is 0.806. The molecular formula is C19H17N7O3S2. The Morgan fingerprint density at radius 1 is 1.26 bits per heavy atom. The lowest BCUT2D eigenvalue weighted by Crippen LogP contribution is -2.39. The Labute approximate surface area is 185 Å². The third-order valence-electron chi connectivity index (χ3n) is 4.40. The summed E-state index contributed by atoms with van der Waals surface area (Å²) in [6, 6.07) is 13.8. The largest absolute Gasteiger partial charge is 0.287 e. The molecule has 31 heavy (non-hydrogen) atoms. The van der Waals surface area contributed by atoms with Crippen molar-refractivity contribution in [2.75, 3.05) is 12.3 Å². The number of hydrogen-bond donors (Lipinski definition) is 0. The summed E-state index contributed by atoms with van der Waals surface area (Å²) in [6.07, 6.45) is 0.819. The predicted molar refractivity (Wildman–Crippen MR) is 118 cm³/mol. The normalized spacial score (nSPS) is 15.3. The zero-order chi connectivity index (χ0) is 21.8. The Hall–Kier alpha value is -3.25. The number of hydrogen-bond acceptors (Lipinski definition) is 9. The van der Waals surface area contributed by atoms with E-state index in [1.165, 1.54) is 22.5 Å². The highest BCUT2D eigenvalue weighted by molar-refractivity contribution is 8.13. The number of para-hydroxylation sites is 1. The Morgan fingerprint density at radius 2 is 2.06 bits per heavy atom. The molecule has 0 aliphatic carbocycles. The smallest absolute Gasteiger partial charge is 0.284 e. The molecule has 0 unspecified atom stereocenters. The third-order valence-corrected chi connectivity index (χ3v) is 6.56. The van der Waals surface area contributed by atoms with Crippen LogP contribution >= 0.6 is 23.5 Å². The standard InChI is InChI=1S/C19H17N7O3S2/c1-24-19(21-22-23-24)31-16-9-8-13(12-15(16)26(28)29)17(27)25-10-5-11-30-18(25)20-14-6-3-2-4-7-14/h2-4,6-9,12H,5,10-11H2,1H3. The van der Waals surface area contributed by atoms with E-state index in [0.29, 0.717) is 21.8 Å². The summed E-state index contributed by atoms with van der Waals surface area (Å²) in [6.45, 7) is 0.506. The summed E-state index contributed by atoms with van der Waals surface area (Å²) < 4.78 is 1.42. The molecule has 4 rings (SSSR count). The monoisotopic (exact) mass is 455 g/mol. The number of nitrogens with zero attached hydrogens (tertiary/aromatic N) is 7. The van der Waals surface area contributed by atoms with Crippen molar-refractivity contribution in [1.29, 1.82) is 0 Å². The number of rotatable bonds is 5. The molecule has 1 fully saturated rings. The molecule has 0 radical (unpaired) electrons. The van der Waals surface area contributed by atoms with Gasteiger partial charge in [0.1, 0.15) is 0 Å². The van der Waals surface area contributed by atoms with Gasteiger partial charge in [0.2, 0.25) is 5.16 Å². The summed E-state index contributed by atoms with van der Waals surface area (Å²) in [7, 11) is 1.65. The van der Waals surface area contributed by atoms with Crippen molar-refractivity contribution < 1.29 is 9.72 Å². The number of carbonyl (C=O) groups excluding carboxylic acids is 1. The maximum Gasteiger partial charge on any atom is 0.284 e. The molecule has 1 saturated heterocycles. The lowest BCUT2D eigenvalue weighted by molar-refractivity contribution is -0.387. The topological polar surface area (TPSA) is 119 Å². The second-order valence-electron chi connectivity index (χ2n) is 6.52. The van der Waals surface area contributed by atoms with E-state index in [2.05, 4.69) is 20.5 Å². The Kier molecular flexibility index (Phi) is 6.28. The van der Waals surface area contributed by atoms with Crippen LogP contribution in [-0.2, 0) is 7.05 Å². The number of amides is 1. The van der Waals surface area contributed by atoms with Crippen LogP contribution in [0.15, 0.2) is 63.6 Å². The number of nitro benzene ring substituents is 1. The van der Waals surface area contributed by atoms with Gasteiger partial charge >= 0.3 is 0 Å². The number of amidine groups is 1. The molecule has 12 heteroatoms. The van der Waals surface area contributed by atoms with Crippen LogP contribution in [0, 0.1) is 10.1 Å². The van der Waals surface area contributed by atoms with Crippen molar-refractivity contribution in [2.24, 2.45) is 12.0 Å². The van der Waals surface area contributed by atoms with Crippen LogP contribution in [0.2, 0.25) is 0 Å². The average Bonchev–Trinajstić information content (AvgIpc) is 3.19. The number of aryl methyl sites for hydroxylation is 1. The molecule has 0 N–H and O–H groups in total. The van der Waals surface area contributed by atoms with E-state index in [4.69, 9.17) is 0 Å². The molecule has 0 atom stereocenters. The molecule has 2 heterocycles. The lowest BCUT2D eigenvalue weighted by atomic mass is 10.1. The number of thioether (sulfide) groups is 1. The lowest BCUT2D eigenvalue weighted by Gasteiger charge is -2.27. The number of aliphatic imine (C=N–C) groups is 1. The summed E-state index contributed by atoms with van der Waals surface area (Å²) in [4.78, 5) is 30.9. The van der Waals surface area contributed by atoms with Gasteiger partial charge in [-0.1, -0.05) is 30.0 Å². The van der Waals surface area contributed by atoms with Crippen molar-refractivity contribution >= 4 is 46.0 Å². The predicted octanol–water partition coefficient (Wildman–Crippen LogP) is 3.54. The van der Waals surface area contributed by atoms with Crippen molar-refractivity contribution in [3.63, 3.8) is 0 Å². The van der Waals surface area contributed by atoms with E-state index in [1.807, 2.05) is 30.3 Å². The highest BCUT2D eigenvalue weighted by Gasteiger charge is 2.27. The highest BCUT2D eigenvalue weighted by Crippen LogP contribution is 2.34. The molecule has 10 nitrogen and oxygen atoms in total. The van der Waals surface area contributed by atoms with Crippen LogP contribution in [0.5, 0.6) is 0 Å². The number of carbonyl (C=O) groups is 1. The van der Waals surface area contributed by atoms with Gasteiger partial charge in [-0.2, -0.15) is 0 Å². The second kappa shape index (κ2) is 9.27. The van der Waals surface area contributed by atoms with Crippen LogP contribution in [0.25, 0.3) is 0 Å². The molecule has 0 spiro atoms. The molecule has 1 aliphatic heterocycles. The van der Waals surface area contributed by atoms with Crippen molar-refractivity contribution in [2.45, 2.75) is 16.5 Å². The number of benzene rings is 2. The first-order valence-corrected chi connectivity index (χ1v) is 11.1. The van der Waals surface area contributed by atoms with Gasteiger partial charge in [-0.25, -0.2) is 9.67 Å². The molecule has 158 valence electrons.